The Morgan fingerprint density at radius 2 is 1.92 bits per heavy atom. The molecule has 0 atom stereocenters. The van der Waals surface area contributed by atoms with Gasteiger partial charge in [0.1, 0.15) is 5.82 Å². The van der Waals surface area contributed by atoms with Gasteiger partial charge in [-0.3, -0.25) is 9.48 Å². The molecule has 1 N–H and O–H groups in total. The number of amides is 1. The fraction of sp³-hybridized carbons (Fsp3) is 0.375. The van der Waals surface area contributed by atoms with Crippen LogP contribution in [0.1, 0.15) is 40.5 Å². The smallest absolute Gasteiger partial charge is 0.350 e. The van der Waals surface area contributed by atoms with E-state index in [9.17, 15) is 22.4 Å². The summed E-state index contributed by atoms with van der Waals surface area (Å²) in [5.74, 6) is -0.746. The predicted molar refractivity (Wildman–Crippen MR) is 77.9 cm³/mol. The van der Waals surface area contributed by atoms with Crippen molar-refractivity contribution in [2.45, 2.75) is 31.5 Å². The van der Waals surface area contributed by atoms with E-state index < -0.39 is 23.6 Å². The van der Waals surface area contributed by atoms with Crippen LogP contribution in [0.5, 0.6) is 0 Å². The number of rotatable bonds is 5. The second-order valence-electron chi connectivity index (χ2n) is 5.71. The SMILES string of the molecule is O=C(NCCn1nc(C(F)(F)F)cc1C1CC1)c1ccc(F)cc1. The highest BCUT2D eigenvalue weighted by molar-refractivity contribution is 5.94. The van der Waals surface area contributed by atoms with E-state index in [0.717, 1.165) is 18.9 Å². The normalized spacial score (nSPS) is 14.7. The van der Waals surface area contributed by atoms with Gasteiger partial charge in [-0.1, -0.05) is 0 Å². The fourth-order valence-corrected chi connectivity index (χ4v) is 2.44. The van der Waals surface area contributed by atoms with Gasteiger partial charge < -0.3 is 5.32 Å². The number of nitrogens with one attached hydrogen (secondary N) is 1. The van der Waals surface area contributed by atoms with Gasteiger partial charge in [-0.15, -0.1) is 0 Å². The van der Waals surface area contributed by atoms with E-state index in [1.54, 1.807) is 0 Å². The second kappa shape index (κ2) is 6.26. The minimum atomic E-state index is -4.48. The monoisotopic (exact) mass is 341 g/mol. The first-order valence-electron chi connectivity index (χ1n) is 7.53. The van der Waals surface area contributed by atoms with Crippen LogP contribution in [0.2, 0.25) is 0 Å². The topological polar surface area (TPSA) is 46.9 Å². The summed E-state index contributed by atoms with van der Waals surface area (Å²) in [5.41, 5.74) is -0.0668. The molecule has 24 heavy (non-hydrogen) atoms. The van der Waals surface area contributed by atoms with Crippen molar-refractivity contribution in [3.8, 4) is 0 Å². The standard InChI is InChI=1S/C16H15F4N3O/c17-12-5-3-11(4-6-12)15(24)21-7-8-23-13(10-1-2-10)9-14(22-23)16(18,19)20/h3-6,9-10H,1-2,7-8H2,(H,21,24). The molecule has 1 fully saturated rings. The number of carbonyl (C=O) groups excluding carboxylic acids is 1. The molecule has 2 aromatic rings. The molecule has 0 aliphatic heterocycles. The summed E-state index contributed by atoms with van der Waals surface area (Å²) in [6, 6.07) is 6.11. The minimum absolute atomic E-state index is 0.112. The first-order chi connectivity index (χ1) is 11.3. The number of hydrogen-bond donors (Lipinski definition) is 1. The van der Waals surface area contributed by atoms with E-state index in [1.807, 2.05) is 0 Å². The van der Waals surface area contributed by atoms with Gasteiger partial charge in [0.05, 0.1) is 6.54 Å². The molecule has 1 saturated carbocycles. The average Bonchev–Trinajstić information content (AvgIpc) is 3.27. The molecule has 1 aromatic heterocycles. The number of nitrogens with zero attached hydrogens (tertiary/aromatic N) is 2. The fourth-order valence-electron chi connectivity index (χ4n) is 2.44. The van der Waals surface area contributed by atoms with Crippen molar-refractivity contribution in [1.82, 2.24) is 15.1 Å². The molecule has 1 aromatic carbocycles. The Morgan fingerprint density at radius 3 is 2.50 bits per heavy atom. The van der Waals surface area contributed by atoms with Gasteiger partial charge in [0.15, 0.2) is 5.69 Å². The summed E-state index contributed by atoms with van der Waals surface area (Å²) < 4.78 is 52.5. The molecule has 0 saturated heterocycles. The second-order valence-corrected chi connectivity index (χ2v) is 5.71. The van der Waals surface area contributed by atoms with Gasteiger partial charge >= 0.3 is 6.18 Å². The van der Waals surface area contributed by atoms with Crippen LogP contribution < -0.4 is 5.32 Å². The van der Waals surface area contributed by atoms with Gasteiger partial charge in [0.2, 0.25) is 0 Å². The zero-order valence-electron chi connectivity index (χ0n) is 12.6. The highest BCUT2D eigenvalue weighted by atomic mass is 19.4. The maximum atomic E-state index is 12.8. The lowest BCUT2D eigenvalue weighted by atomic mass is 10.2. The molecule has 3 rings (SSSR count). The lowest BCUT2D eigenvalue weighted by molar-refractivity contribution is -0.141. The zero-order valence-corrected chi connectivity index (χ0v) is 12.6. The molecular formula is C16H15F4N3O. The summed E-state index contributed by atoms with van der Waals surface area (Å²) >= 11 is 0. The first kappa shape index (κ1) is 16.5. The molecule has 128 valence electrons. The first-order valence-corrected chi connectivity index (χ1v) is 7.53. The largest absolute Gasteiger partial charge is 0.435 e. The Labute approximate surface area is 135 Å². The molecular weight excluding hydrogens is 326 g/mol. The van der Waals surface area contributed by atoms with Crippen molar-refractivity contribution in [1.29, 1.82) is 0 Å². The van der Waals surface area contributed by atoms with Crippen LogP contribution in [-0.4, -0.2) is 22.2 Å². The van der Waals surface area contributed by atoms with Crippen molar-refractivity contribution >= 4 is 5.91 Å². The van der Waals surface area contributed by atoms with E-state index in [-0.39, 0.29) is 24.6 Å². The third kappa shape index (κ3) is 3.74. The summed E-state index contributed by atoms with van der Waals surface area (Å²) in [7, 11) is 0. The maximum absolute atomic E-state index is 12.8. The van der Waals surface area contributed by atoms with Crippen molar-refractivity contribution < 1.29 is 22.4 Å². The Kier molecular flexibility index (Phi) is 4.29. The summed E-state index contributed by atoms with van der Waals surface area (Å²) in [5, 5.41) is 6.21. The molecule has 0 bridgehead atoms. The molecule has 1 amide bonds. The van der Waals surface area contributed by atoms with Gasteiger partial charge in [-0.05, 0) is 43.2 Å². The Bertz CT molecular complexity index is 733. The average molecular weight is 341 g/mol. The molecule has 4 nitrogen and oxygen atoms in total. The van der Waals surface area contributed by atoms with Crippen LogP contribution in [0.15, 0.2) is 30.3 Å². The van der Waals surface area contributed by atoms with Crippen LogP contribution in [0.25, 0.3) is 0 Å². The lowest BCUT2D eigenvalue weighted by Crippen LogP contribution is -2.28. The quantitative estimate of drug-likeness (QED) is 0.848. The molecule has 1 aliphatic rings. The lowest BCUT2D eigenvalue weighted by Gasteiger charge is -2.08. The maximum Gasteiger partial charge on any atom is 0.435 e. The molecule has 0 spiro atoms. The van der Waals surface area contributed by atoms with Gasteiger partial charge in [0.25, 0.3) is 5.91 Å². The third-order valence-corrected chi connectivity index (χ3v) is 3.81. The summed E-state index contributed by atoms with van der Waals surface area (Å²) in [6.45, 7) is 0.282. The number of halogens is 4. The van der Waals surface area contributed by atoms with E-state index in [2.05, 4.69) is 10.4 Å². The van der Waals surface area contributed by atoms with Crippen molar-refractivity contribution in [3.05, 3.63) is 53.1 Å². The van der Waals surface area contributed by atoms with Crippen LogP contribution in [-0.2, 0) is 12.7 Å². The predicted octanol–water partition coefficient (Wildman–Crippen LogP) is 3.35. The Morgan fingerprint density at radius 1 is 1.25 bits per heavy atom. The number of carbonyl (C=O) groups is 1. The Hall–Kier alpha value is -2.38. The Balaban J connectivity index is 1.63. The van der Waals surface area contributed by atoms with Crippen molar-refractivity contribution in [2.75, 3.05) is 6.54 Å². The van der Waals surface area contributed by atoms with E-state index in [1.165, 1.54) is 28.9 Å². The number of aromatic nitrogens is 2. The van der Waals surface area contributed by atoms with Gasteiger partial charge in [0, 0.05) is 23.7 Å². The van der Waals surface area contributed by atoms with E-state index in [4.69, 9.17) is 0 Å². The van der Waals surface area contributed by atoms with Crippen LogP contribution >= 0.6 is 0 Å². The van der Waals surface area contributed by atoms with Gasteiger partial charge in [-0.2, -0.15) is 18.3 Å². The number of benzene rings is 1. The number of hydrogen-bond acceptors (Lipinski definition) is 2. The van der Waals surface area contributed by atoms with Gasteiger partial charge in [-0.25, -0.2) is 4.39 Å². The van der Waals surface area contributed by atoms with Crippen molar-refractivity contribution in [3.63, 3.8) is 0 Å². The highest BCUT2D eigenvalue weighted by Gasteiger charge is 2.37. The summed E-state index contributed by atoms with van der Waals surface area (Å²) in [6.07, 6.45) is -2.78. The molecule has 0 unspecified atom stereocenters. The molecule has 0 radical (unpaired) electrons. The van der Waals surface area contributed by atoms with E-state index in [0.29, 0.717) is 5.69 Å². The molecule has 8 heteroatoms. The summed E-state index contributed by atoms with van der Waals surface area (Å²) in [4.78, 5) is 11.9. The minimum Gasteiger partial charge on any atom is -0.350 e. The van der Waals surface area contributed by atoms with Crippen LogP contribution in [0.4, 0.5) is 17.6 Å². The van der Waals surface area contributed by atoms with Crippen LogP contribution in [0.3, 0.4) is 0 Å². The highest BCUT2D eigenvalue weighted by Crippen LogP contribution is 2.42. The van der Waals surface area contributed by atoms with Crippen LogP contribution in [0, 0.1) is 5.82 Å². The number of alkyl halides is 3. The third-order valence-electron chi connectivity index (χ3n) is 3.81. The van der Waals surface area contributed by atoms with E-state index >= 15 is 0 Å². The van der Waals surface area contributed by atoms with Crippen molar-refractivity contribution in [2.24, 2.45) is 0 Å². The molecule has 1 heterocycles. The molecule has 1 aliphatic carbocycles. The zero-order chi connectivity index (χ0) is 17.3.